The fourth-order valence-corrected chi connectivity index (χ4v) is 1.71. The van der Waals surface area contributed by atoms with Gasteiger partial charge in [0, 0.05) is 12.1 Å². The number of nitrogens with one attached hydrogen (secondary N) is 1. The van der Waals surface area contributed by atoms with Gasteiger partial charge in [0.1, 0.15) is 11.6 Å². The molecule has 0 bridgehead atoms. The molecule has 5 heteroatoms. The second kappa shape index (κ2) is 4.45. The average molecular weight is 232 g/mol. The van der Waals surface area contributed by atoms with Crippen LogP contribution >= 0.6 is 0 Å². The number of hydrogen-bond acceptors (Lipinski definition) is 5. The molecule has 0 aliphatic heterocycles. The van der Waals surface area contributed by atoms with Gasteiger partial charge in [-0.1, -0.05) is 5.16 Å². The lowest BCUT2D eigenvalue weighted by molar-refractivity contribution is 0.392. The molecule has 0 aromatic carbocycles. The van der Waals surface area contributed by atoms with Crippen LogP contribution < -0.4 is 11.1 Å². The van der Waals surface area contributed by atoms with Crippen LogP contribution in [0.2, 0.25) is 0 Å². The minimum atomic E-state index is 0.652. The van der Waals surface area contributed by atoms with Gasteiger partial charge in [0.15, 0.2) is 0 Å². The summed E-state index contributed by atoms with van der Waals surface area (Å²) in [6, 6.07) is 1.89. The van der Waals surface area contributed by atoms with E-state index in [1.54, 1.807) is 6.20 Å². The van der Waals surface area contributed by atoms with Crippen molar-refractivity contribution >= 4 is 11.5 Å². The van der Waals surface area contributed by atoms with E-state index in [4.69, 9.17) is 10.3 Å². The van der Waals surface area contributed by atoms with Gasteiger partial charge in [-0.25, -0.2) is 4.98 Å². The first-order valence-electron chi connectivity index (χ1n) is 5.45. The quantitative estimate of drug-likeness (QED) is 0.848. The Labute approximate surface area is 100 Å². The Balaban J connectivity index is 2.13. The summed E-state index contributed by atoms with van der Waals surface area (Å²) < 4.78 is 5.10. The summed E-state index contributed by atoms with van der Waals surface area (Å²) >= 11 is 0. The van der Waals surface area contributed by atoms with Crippen molar-refractivity contribution in [3.05, 3.63) is 34.8 Å². The molecule has 0 amide bonds. The molecular weight excluding hydrogens is 216 g/mol. The molecule has 90 valence electrons. The van der Waals surface area contributed by atoms with Crippen LogP contribution in [0.1, 0.15) is 22.6 Å². The zero-order valence-corrected chi connectivity index (χ0v) is 10.2. The fourth-order valence-electron chi connectivity index (χ4n) is 1.71. The zero-order valence-electron chi connectivity index (χ0n) is 10.2. The maximum Gasteiger partial charge on any atom is 0.138 e. The van der Waals surface area contributed by atoms with Gasteiger partial charge in [-0.2, -0.15) is 0 Å². The molecule has 2 rings (SSSR count). The van der Waals surface area contributed by atoms with Gasteiger partial charge in [-0.3, -0.25) is 0 Å². The summed E-state index contributed by atoms with van der Waals surface area (Å²) in [5.41, 5.74) is 9.33. The summed E-state index contributed by atoms with van der Waals surface area (Å²) in [7, 11) is 0. The van der Waals surface area contributed by atoms with Crippen LogP contribution in [0.25, 0.3) is 0 Å². The normalized spacial score (nSPS) is 10.5. The third-order valence-corrected chi connectivity index (χ3v) is 2.71. The van der Waals surface area contributed by atoms with Crippen LogP contribution in [0.4, 0.5) is 11.5 Å². The molecule has 0 saturated heterocycles. The summed E-state index contributed by atoms with van der Waals surface area (Å²) in [5, 5.41) is 7.17. The van der Waals surface area contributed by atoms with Gasteiger partial charge in [0.05, 0.1) is 17.6 Å². The van der Waals surface area contributed by atoms with E-state index in [1.807, 2.05) is 26.8 Å². The monoisotopic (exact) mass is 232 g/mol. The van der Waals surface area contributed by atoms with Crippen molar-refractivity contribution in [1.82, 2.24) is 10.1 Å². The first-order valence-corrected chi connectivity index (χ1v) is 5.45. The van der Waals surface area contributed by atoms with Crippen LogP contribution in [0, 0.1) is 20.8 Å². The molecule has 0 saturated carbocycles. The van der Waals surface area contributed by atoms with E-state index in [-0.39, 0.29) is 0 Å². The Hall–Kier alpha value is -2.04. The summed E-state index contributed by atoms with van der Waals surface area (Å²) in [6.07, 6.45) is 1.64. The van der Waals surface area contributed by atoms with Crippen LogP contribution in [0.5, 0.6) is 0 Å². The highest BCUT2D eigenvalue weighted by molar-refractivity contribution is 5.51. The molecule has 0 unspecified atom stereocenters. The van der Waals surface area contributed by atoms with Gasteiger partial charge in [-0.15, -0.1) is 0 Å². The lowest BCUT2D eigenvalue weighted by Gasteiger charge is -2.08. The maximum atomic E-state index is 5.65. The van der Waals surface area contributed by atoms with Crippen LogP contribution in [-0.4, -0.2) is 10.1 Å². The number of anilines is 2. The Morgan fingerprint density at radius 3 is 2.71 bits per heavy atom. The number of rotatable bonds is 3. The molecule has 0 fully saturated rings. The molecule has 2 aromatic heterocycles. The largest absolute Gasteiger partial charge is 0.397 e. The molecule has 5 nitrogen and oxygen atoms in total. The van der Waals surface area contributed by atoms with E-state index in [0.717, 1.165) is 28.4 Å². The van der Waals surface area contributed by atoms with Gasteiger partial charge in [-0.05, 0) is 32.4 Å². The molecule has 0 spiro atoms. The molecular formula is C12H16N4O. The first kappa shape index (κ1) is 11.4. The average Bonchev–Trinajstić information content (AvgIpc) is 2.58. The third kappa shape index (κ3) is 2.38. The Morgan fingerprint density at radius 1 is 1.35 bits per heavy atom. The van der Waals surface area contributed by atoms with Crippen molar-refractivity contribution in [2.24, 2.45) is 0 Å². The van der Waals surface area contributed by atoms with Crippen LogP contribution in [0.15, 0.2) is 16.8 Å². The Kier molecular flexibility index (Phi) is 2.99. The Bertz CT molecular complexity index is 514. The second-order valence-corrected chi connectivity index (χ2v) is 4.09. The number of hydrogen-bond donors (Lipinski definition) is 2. The predicted octanol–water partition coefficient (Wildman–Crippen LogP) is 2.19. The van der Waals surface area contributed by atoms with E-state index in [9.17, 15) is 0 Å². The second-order valence-electron chi connectivity index (χ2n) is 4.09. The third-order valence-electron chi connectivity index (χ3n) is 2.71. The van der Waals surface area contributed by atoms with Crippen LogP contribution in [-0.2, 0) is 6.54 Å². The fraction of sp³-hybridized carbons (Fsp3) is 0.333. The number of nitrogen functional groups attached to an aromatic ring is 1. The van der Waals surface area contributed by atoms with Crippen molar-refractivity contribution < 1.29 is 4.52 Å². The predicted molar refractivity (Wildman–Crippen MR) is 66.7 cm³/mol. The smallest absolute Gasteiger partial charge is 0.138 e. The molecule has 0 atom stereocenters. The minimum Gasteiger partial charge on any atom is -0.397 e. The van der Waals surface area contributed by atoms with Crippen molar-refractivity contribution in [3.8, 4) is 0 Å². The van der Waals surface area contributed by atoms with Crippen molar-refractivity contribution in [2.45, 2.75) is 27.3 Å². The summed E-state index contributed by atoms with van der Waals surface area (Å²) in [4.78, 5) is 4.25. The standard InChI is InChI=1S/C12H16N4O/c1-7-4-10(13)5-14-12(7)15-6-11-8(2)16-17-9(11)3/h4-5H,6,13H2,1-3H3,(H,14,15). The topological polar surface area (TPSA) is 77.0 Å². The number of nitrogens with two attached hydrogens (primary N) is 1. The zero-order chi connectivity index (χ0) is 12.4. The highest BCUT2D eigenvalue weighted by Crippen LogP contribution is 2.17. The van der Waals surface area contributed by atoms with Gasteiger partial charge >= 0.3 is 0 Å². The minimum absolute atomic E-state index is 0.652. The molecule has 17 heavy (non-hydrogen) atoms. The molecule has 0 radical (unpaired) electrons. The van der Waals surface area contributed by atoms with Crippen molar-refractivity contribution in [2.75, 3.05) is 11.1 Å². The summed E-state index contributed by atoms with van der Waals surface area (Å²) in [5.74, 6) is 1.67. The molecule has 0 aliphatic carbocycles. The van der Waals surface area contributed by atoms with Gasteiger partial charge < -0.3 is 15.6 Å². The number of nitrogens with zero attached hydrogens (tertiary/aromatic N) is 2. The van der Waals surface area contributed by atoms with E-state index in [2.05, 4.69) is 15.5 Å². The Morgan fingerprint density at radius 2 is 2.12 bits per heavy atom. The summed E-state index contributed by atoms with van der Waals surface area (Å²) in [6.45, 7) is 6.45. The first-order chi connectivity index (χ1) is 8.08. The van der Waals surface area contributed by atoms with Gasteiger partial charge in [0.25, 0.3) is 0 Å². The molecule has 2 aromatic rings. The van der Waals surface area contributed by atoms with Crippen molar-refractivity contribution in [1.29, 1.82) is 0 Å². The lowest BCUT2D eigenvalue weighted by atomic mass is 10.2. The highest BCUT2D eigenvalue weighted by Gasteiger charge is 2.09. The lowest BCUT2D eigenvalue weighted by Crippen LogP contribution is -2.05. The van der Waals surface area contributed by atoms with E-state index in [0.29, 0.717) is 12.2 Å². The van der Waals surface area contributed by atoms with E-state index < -0.39 is 0 Å². The molecule has 2 heterocycles. The van der Waals surface area contributed by atoms with Crippen molar-refractivity contribution in [3.63, 3.8) is 0 Å². The van der Waals surface area contributed by atoms with Crippen LogP contribution in [0.3, 0.4) is 0 Å². The SMILES string of the molecule is Cc1cc(N)cnc1NCc1c(C)noc1C. The van der Waals surface area contributed by atoms with Gasteiger partial charge in [0.2, 0.25) is 0 Å². The number of aromatic nitrogens is 2. The maximum absolute atomic E-state index is 5.65. The highest BCUT2D eigenvalue weighted by atomic mass is 16.5. The molecule has 3 N–H and O–H groups in total. The van der Waals surface area contributed by atoms with E-state index >= 15 is 0 Å². The number of pyridine rings is 1. The van der Waals surface area contributed by atoms with E-state index in [1.165, 1.54) is 0 Å². The molecule has 0 aliphatic rings. The number of aryl methyl sites for hydroxylation is 3.